The van der Waals surface area contributed by atoms with Crippen LogP contribution in [-0.4, -0.2) is 37.0 Å². The van der Waals surface area contributed by atoms with Gasteiger partial charge in [0.2, 0.25) is 0 Å². The fraction of sp³-hybridized carbons (Fsp3) is 0.350. The molecule has 1 amide bonds. The number of anilines is 1. The summed E-state index contributed by atoms with van der Waals surface area (Å²) in [6.07, 6.45) is 0. The van der Waals surface area contributed by atoms with Crippen molar-refractivity contribution in [3.05, 3.63) is 64.7 Å². The summed E-state index contributed by atoms with van der Waals surface area (Å²) in [6, 6.07) is 14.3. The summed E-state index contributed by atoms with van der Waals surface area (Å²) in [4.78, 5) is 17.1. The van der Waals surface area contributed by atoms with Crippen LogP contribution in [0.15, 0.2) is 42.5 Å². The number of carbonyl (C=O) groups excluding carboxylic acids is 1. The summed E-state index contributed by atoms with van der Waals surface area (Å²) >= 11 is 0. The fourth-order valence-electron chi connectivity index (χ4n) is 3.21. The minimum absolute atomic E-state index is 0.156. The van der Waals surface area contributed by atoms with Gasteiger partial charge in [0.05, 0.1) is 0 Å². The van der Waals surface area contributed by atoms with Crippen molar-refractivity contribution in [3.63, 3.8) is 0 Å². The van der Waals surface area contributed by atoms with E-state index in [0.717, 1.165) is 37.3 Å². The number of piperazine rings is 1. The molecule has 1 aliphatic heterocycles. The Hall–Kier alpha value is -2.29. The molecule has 0 aromatic heterocycles. The Balaban J connectivity index is 1.70. The van der Waals surface area contributed by atoms with Crippen LogP contribution >= 0.6 is 0 Å². The van der Waals surface area contributed by atoms with Crippen molar-refractivity contribution >= 4 is 11.6 Å². The molecule has 0 unspecified atom stereocenters. The summed E-state index contributed by atoms with van der Waals surface area (Å²) in [5.74, 6) is 0.156. The number of hydrogen-bond acceptors (Lipinski definition) is 2. The summed E-state index contributed by atoms with van der Waals surface area (Å²) in [7, 11) is 0. The Morgan fingerprint density at radius 1 is 0.826 bits per heavy atom. The third-order valence-electron chi connectivity index (χ3n) is 4.86. The van der Waals surface area contributed by atoms with Crippen LogP contribution in [0.5, 0.6) is 0 Å². The molecule has 1 saturated heterocycles. The lowest BCUT2D eigenvalue weighted by Gasteiger charge is -2.37. The van der Waals surface area contributed by atoms with Crippen molar-refractivity contribution in [2.24, 2.45) is 0 Å². The molecule has 3 rings (SSSR count). The number of nitrogens with zero attached hydrogens (tertiary/aromatic N) is 2. The molecule has 0 saturated carbocycles. The molecule has 23 heavy (non-hydrogen) atoms. The Morgan fingerprint density at radius 3 is 2.17 bits per heavy atom. The lowest BCUT2D eigenvalue weighted by molar-refractivity contribution is 0.0746. The van der Waals surface area contributed by atoms with Gasteiger partial charge in [-0.25, -0.2) is 0 Å². The first-order valence-corrected chi connectivity index (χ1v) is 8.24. The van der Waals surface area contributed by atoms with Crippen LogP contribution in [-0.2, 0) is 0 Å². The maximum atomic E-state index is 12.7. The highest BCUT2D eigenvalue weighted by molar-refractivity contribution is 5.95. The number of aryl methyl sites for hydroxylation is 2. The van der Waals surface area contributed by atoms with E-state index in [2.05, 4.69) is 36.9 Å². The van der Waals surface area contributed by atoms with Gasteiger partial charge in [-0.2, -0.15) is 0 Å². The molecule has 2 aromatic carbocycles. The largest absolute Gasteiger partial charge is 0.368 e. The fourth-order valence-corrected chi connectivity index (χ4v) is 3.21. The predicted molar refractivity (Wildman–Crippen MR) is 95.2 cm³/mol. The van der Waals surface area contributed by atoms with Gasteiger partial charge in [0, 0.05) is 37.4 Å². The molecule has 3 heteroatoms. The zero-order valence-corrected chi connectivity index (χ0v) is 14.2. The molecule has 0 spiro atoms. The third-order valence-corrected chi connectivity index (χ3v) is 4.86. The van der Waals surface area contributed by atoms with Crippen LogP contribution in [0, 0.1) is 20.8 Å². The van der Waals surface area contributed by atoms with E-state index in [-0.39, 0.29) is 5.91 Å². The van der Waals surface area contributed by atoms with Gasteiger partial charge in [0.25, 0.3) is 5.91 Å². The molecule has 3 nitrogen and oxygen atoms in total. The zero-order valence-electron chi connectivity index (χ0n) is 14.2. The minimum Gasteiger partial charge on any atom is -0.368 e. The molecular weight excluding hydrogens is 284 g/mol. The van der Waals surface area contributed by atoms with Gasteiger partial charge in [0.15, 0.2) is 0 Å². The van der Waals surface area contributed by atoms with E-state index in [1.165, 1.54) is 16.8 Å². The summed E-state index contributed by atoms with van der Waals surface area (Å²) < 4.78 is 0. The van der Waals surface area contributed by atoms with Gasteiger partial charge in [-0.3, -0.25) is 4.79 Å². The van der Waals surface area contributed by atoms with E-state index in [9.17, 15) is 4.79 Å². The molecule has 0 radical (unpaired) electrons. The van der Waals surface area contributed by atoms with Crippen LogP contribution in [0.25, 0.3) is 0 Å². The first-order valence-electron chi connectivity index (χ1n) is 8.24. The van der Waals surface area contributed by atoms with Crippen LogP contribution in [0.3, 0.4) is 0 Å². The summed E-state index contributed by atoms with van der Waals surface area (Å²) in [6.45, 7) is 9.66. The van der Waals surface area contributed by atoms with Gasteiger partial charge in [0.1, 0.15) is 0 Å². The average molecular weight is 308 g/mol. The van der Waals surface area contributed by atoms with Crippen molar-refractivity contribution in [2.75, 3.05) is 31.1 Å². The van der Waals surface area contributed by atoms with Crippen LogP contribution in [0.4, 0.5) is 5.69 Å². The molecule has 0 atom stereocenters. The average Bonchev–Trinajstić information content (AvgIpc) is 2.57. The Labute approximate surface area is 138 Å². The Kier molecular flexibility index (Phi) is 4.37. The van der Waals surface area contributed by atoms with Gasteiger partial charge in [-0.15, -0.1) is 0 Å². The molecule has 0 aliphatic carbocycles. The maximum Gasteiger partial charge on any atom is 0.254 e. The minimum atomic E-state index is 0.156. The monoisotopic (exact) mass is 308 g/mol. The van der Waals surface area contributed by atoms with Crippen molar-refractivity contribution < 1.29 is 4.79 Å². The predicted octanol–water partition coefficient (Wildman–Crippen LogP) is 3.57. The lowest BCUT2D eigenvalue weighted by Crippen LogP contribution is -2.49. The quantitative estimate of drug-likeness (QED) is 0.846. The molecule has 1 fully saturated rings. The number of rotatable bonds is 2. The maximum absolute atomic E-state index is 12.7. The number of carbonyl (C=O) groups is 1. The molecule has 120 valence electrons. The number of benzene rings is 2. The second-order valence-corrected chi connectivity index (χ2v) is 6.31. The highest BCUT2D eigenvalue weighted by atomic mass is 16.2. The van der Waals surface area contributed by atoms with Crippen LogP contribution in [0.2, 0.25) is 0 Å². The molecule has 1 aliphatic rings. The van der Waals surface area contributed by atoms with Gasteiger partial charge in [-0.05, 0) is 49.6 Å². The van der Waals surface area contributed by atoms with E-state index in [4.69, 9.17) is 0 Å². The number of amides is 1. The number of hydrogen-bond donors (Lipinski definition) is 0. The Bertz CT molecular complexity index is 715. The van der Waals surface area contributed by atoms with E-state index in [1.807, 2.05) is 36.1 Å². The Morgan fingerprint density at radius 2 is 1.48 bits per heavy atom. The van der Waals surface area contributed by atoms with Crippen molar-refractivity contribution in [1.29, 1.82) is 0 Å². The van der Waals surface area contributed by atoms with E-state index < -0.39 is 0 Å². The normalized spacial score (nSPS) is 14.9. The van der Waals surface area contributed by atoms with Crippen LogP contribution in [0.1, 0.15) is 27.0 Å². The van der Waals surface area contributed by atoms with Gasteiger partial charge < -0.3 is 9.80 Å². The summed E-state index contributed by atoms with van der Waals surface area (Å²) in [5, 5.41) is 0. The molecular formula is C20H24N2O. The molecule has 0 bridgehead atoms. The molecule has 0 N–H and O–H groups in total. The van der Waals surface area contributed by atoms with E-state index >= 15 is 0 Å². The third kappa shape index (κ3) is 3.09. The van der Waals surface area contributed by atoms with Crippen molar-refractivity contribution in [3.8, 4) is 0 Å². The van der Waals surface area contributed by atoms with Crippen LogP contribution < -0.4 is 4.90 Å². The standard InChI is InChI=1S/C20H24N2O/c1-15-8-6-10-19(17(15)3)21-11-13-22(14-12-21)20(23)18-9-5-4-7-16(18)2/h4-10H,11-14H2,1-3H3. The smallest absolute Gasteiger partial charge is 0.254 e. The summed E-state index contributed by atoms with van der Waals surface area (Å²) in [5.41, 5.74) is 5.84. The topological polar surface area (TPSA) is 23.6 Å². The van der Waals surface area contributed by atoms with Crippen molar-refractivity contribution in [1.82, 2.24) is 4.90 Å². The highest BCUT2D eigenvalue weighted by Gasteiger charge is 2.23. The van der Waals surface area contributed by atoms with Crippen molar-refractivity contribution in [2.45, 2.75) is 20.8 Å². The van der Waals surface area contributed by atoms with Gasteiger partial charge in [-0.1, -0.05) is 30.3 Å². The highest BCUT2D eigenvalue weighted by Crippen LogP contribution is 2.24. The molecule has 1 heterocycles. The van der Waals surface area contributed by atoms with E-state index in [1.54, 1.807) is 0 Å². The second kappa shape index (κ2) is 6.45. The van der Waals surface area contributed by atoms with E-state index in [0.29, 0.717) is 0 Å². The first-order chi connectivity index (χ1) is 11.1. The zero-order chi connectivity index (χ0) is 16.4. The SMILES string of the molecule is Cc1ccccc1C(=O)N1CCN(c2cccc(C)c2C)CC1. The van der Waals surface area contributed by atoms with Gasteiger partial charge >= 0.3 is 0 Å². The molecule has 2 aromatic rings. The second-order valence-electron chi connectivity index (χ2n) is 6.31. The first kappa shape index (κ1) is 15.6. The lowest BCUT2D eigenvalue weighted by atomic mass is 10.1.